The third-order valence-corrected chi connectivity index (χ3v) is 2.39. The van der Waals surface area contributed by atoms with Gasteiger partial charge in [0.15, 0.2) is 0 Å². The van der Waals surface area contributed by atoms with E-state index in [0.29, 0.717) is 0 Å². The molecule has 1 aromatic heterocycles. The third-order valence-electron chi connectivity index (χ3n) is 2.39. The molecule has 0 amide bonds. The van der Waals surface area contributed by atoms with Crippen molar-refractivity contribution < 1.29 is 9.90 Å². The Morgan fingerprint density at radius 2 is 2.00 bits per heavy atom. The van der Waals surface area contributed by atoms with Crippen LogP contribution in [0, 0.1) is 0 Å². The Bertz CT molecular complexity index is 304. The summed E-state index contributed by atoms with van der Waals surface area (Å²) in [6.07, 6.45) is 4.79. The second-order valence-electron chi connectivity index (χ2n) is 3.12. The van der Waals surface area contributed by atoms with E-state index < -0.39 is 11.4 Å². The van der Waals surface area contributed by atoms with Crippen molar-refractivity contribution in [3.05, 3.63) is 30.1 Å². The number of hydrogen-bond acceptors (Lipinski definition) is 2. The molecule has 0 radical (unpaired) electrons. The van der Waals surface area contributed by atoms with Gasteiger partial charge in [0.05, 0.1) is 5.41 Å². The van der Waals surface area contributed by atoms with E-state index in [2.05, 4.69) is 4.98 Å². The lowest BCUT2D eigenvalue weighted by Gasteiger charge is -2.08. The maximum atomic E-state index is 10.9. The first-order valence-electron chi connectivity index (χ1n) is 3.90. The van der Waals surface area contributed by atoms with Crippen LogP contribution < -0.4 is 0 Å². The van der Waals surface area contributed by atoms with Crippen molar-refractivity contribution in [3.8, 4) is 0 Å². The van der Waals surface area contributed by atoms with Crippen molar-refractivity contribution >= 4 is 5.97 Å². The van der Waals surface area contributed by atoms with Crippen molar-refractivity contribution in [2.75, 3.05) is 0 Å². The van der Waals surface area contributed by atoms with Gasteiger partial charge < -0.3 is 5.11 Å². The highest BCUT2D eigenvalue weighted by atomic mass is 16.4. The summed E-state index contributed by atoms with van der Waals surface area (Å²) in [7, 11) is 0. The average Bonchev–Trinajstić information content (AvgIpc) is 2.86. The molecule has 0 aromatic carbocycles. The number of carboxylic acids is 1. The molecular formula is C9H9NO2. The molecule has 0 saturated heterocycles. The van der Waals surface area contributed by atoms with Crippen molar-refractivity contribution in [1.29, 1.82) is 0 Å². The molecule has 3 heteroatoms. The molecule has 12 heavy (non-hydrogen) atoms. The molecule has 0 atom stereocenters. The lowest BCUT2D eigenvalue weighted by Crippen LogP contribution is -2.19. The largest absolute Gasteiger partial charge is 0.481 e. The average molecular weight is 163 g/mol. The predicted molar refractivity (Wildman–Crippen MR) is 42.8 cm³/mol. The van der Waals surface area contributed by atoms with Crippen molar-refractivity contribution in [1.82, 2.24) is 4.98 Å². The minimum Gasteiger partial charge on any atom is -0.481 e. The van der Waals surface area contributed by atoms with Gasteiger partial charge in [-0.2, -0.15) is 0 Å². The molecule has 1 aliphatic rings. The van der Waals surface area contributed by atoms with Gasteiger partial charge in [-0.25, -0.2) is 0 Å². The Hall–Kier alpha value is -1.38. The van der Waals surface area contributed by atoms with Gasteiger partial charge in [-0.3, -0.25) is 9.78 Å². The van der Waals surface area contributed by atoms with Crippen LogP contribution in [0.25, 0.3) is 0 Å². The van der Waals surface area contributed by atoms with E-state index in [4.69, 9.17) is 5.11 Å². The van der Waals surface area contributed by atoms with E-state index in [0.717, 1.165) is 18.4 Å². The number of carbonyl (C=O) groups is 1. The Kier molecular flexibility index (Phi) is 1.40. The zero-order chi connectivity index (χ0) is 8.60. The Balaban J connectivity index is 2.37. The highest BCUT2D eigenvalue weighted by molar-refractivity contribution is 5.84. The fourth-order valence-electron chi connectivity index (χ4n) is 1.42. The van der Waals surface area contributed by atoms with Gasteiger partial charge in [-0.1, -0.05) is 0 Å². The molecule has 0 bridgehead atoms. The van der Waals surface area contributed by atoms with Crippen LogP contribution in [0.4, 0.5) is 0 Å². The van der Waals surface area contributed by atoms with Crippen LogP contribution in [0.3, 0.4) is 0 Å². The lowest BCUT2D eigenvalue weighted by molar-refractivity contribution is -0.140. The highest BCUT2D eigenvalue weighted by Gasteiger charge is 2.51. The summed E-state index contributed by atoms with van der Waals surface area (Å²) >= 11 is 0. The summed E-state index contributed by atoms with van der Waals surface area (Å²) in [6, 6.07) is 3.56. The lowest BCUT2D eigenvalue weighted by atomic mass is 9.98. The summed E-state index contributed by atoms with van der Waals surface area (Å²) in [5.74, 6) is -0.714. The van der Waals surface area contributed by atoms with Crippen molar-refractivity contribution in [2.24, 2.45) is 0 Å². The van der Waals surface area contributed by atoms with Crippen LogP contribution in [-0.2, 0) is 10.2 Å². The van der Waals surface area contributed by atoms with E-state index in [1.807, 2.05) is 0 Å². The predicted octanol–water partition coefficient (Wildman–Crippen LogP) is 1.20. The minimum absolute atomic E-state index is 0.580. The molecule has 1 aliphatic carbocycles. The van der Waals surface area contributed by atoms with Gasteiger partial charge >= 0.3 is 5.97 Å². The van der Waals surface area contributed by atoms with E-state index in [1.54, 1.807) is 24.5 Å². The summed E-state index contributed by atoms with van der Waals surface area (Å²) in [6.45, 7) is 0. The molecule has 0 unspecified atom stereocenters. The first-order valence-corrected chi connectivity index (χ1v) is 3.90. The van der Waals surface area contributed by atoms with Crippen LogP contribution >= 0.6 is 0 Å². The van der Waals surface area contributed by atoms with Gasteiger partial charge in [-0.15, -0.1) is 0 Å². The Labute approximate surface area is 70.1 Å². The minimum atomic E-state index is -0.714. The van der Waals surface area contributed by atoms with E-state index >= 15 is 0 Å². The van der Waals surface area contributed by atoms with Crippen LogP contribution in [0.2, 0.25) is 0 Å². The molecule has 1 heterocycles. The molecule has 2 rings (SSSR count). The Morgan fingerprint density at radius 3 is 2.42 bits per heavy atom. The summed E-state index contributed by atoms with van der Waals surface area (Å²) < 4.78 is 0. The molecule has 0 spiro atoms. The zero-order valence-corrected chi connectivity index (χ0v) is 6.53. The number of pyridine rings is 1. The fraction of sp³-hybridized carbons (Fsp3) is 0.333. The maximum absolute atomic E-state index is 10.9. The van der Waals surface area contributed by atoms with Gasteiger partial charge in [-0.05, 0) is 30.5 Å². The maximum Gasteiger partial charge on any atom is 0.314 e. The van der Waals surface area contributed by atoms with E-state index in [9.17, 15) is 4.79 Å². The summed E-state index contributed by atoms with van der Waals surface area (Å²) in [5, 5.41) is 8.94. The molecule has 1 fully saturated rings. The highest BCUT2D eigenvalue weighted by Crippen LogP contribution is 2.48. The van der Waals surface area contributed by atoms with Gasteiger partial charge in [0.25, 0.3) is 0 Å². The number of nitrogens with zero attached hydrogens (tertiary/aromatic N) is 1. The third kappa shape index (κ3) is 0.897. The zero-order valence-electron chi connectivity index (χ0n) is 6.53. The quantitative estimate of drug-likeness (QED) is 0.712. The number of aromatic nitrogens is 1. The van der Waals surface area contributed by atoms with Crippen LogP contribution in [0.5, 0.6) is 0 Å². The molecular weight excluding hydrogens is 154 g/mol. The fourth-order valence-corrected chi connectivity index (χ4v) is 1.42. The summed E-state index contributed by atoms with van der Waals surface area (Å²) in [5.41, 5.74) is 0.299. The monoisotopic (exact) mass is 163 g/mol. The number of aliphatic carboxylic acids is 1. The topological polar surface area (TPSA) is 50.2 Å². The normalized spacial score (nSPS) is 18.7. The second kappa shape index (κ2) is 2.30. The molecule has 0 aliphatic heterocycles. The molecule has 1 N–H and O–H groups in total. The first-order chi connectivity index (χ1) is 5.76. The van der Waals surface area contributed by atoms with Gasteiger partial charge in [0, 0.05) is 12.4 Å². The smallest absolute Gasteiger partial charge is 0.314 e. The summed E-state index contributed by atoms with van der Waals surface area (Å²) in [4.78, 5) is 14.7. The van der Waals surface area contributed by atoms with Crippen LogP contribution in [0.15, 0.2) is 24.5 Å². The number of carboxylic acid groups (broad SMARTS) is 1. The SMILES string of the molecule is O=C(O)C1(c2ccncc2)CC1. The Morgan fingerprint density at radius 1 is 1.42 bits per heavy atom. The van der Waals surface area contributed by atoms with Gasteiger partial charge in [0.2, 0.25) is 0 Å². The first kappa shape index (κ1) is 7.28. The number of hydrogen-bond donors (Lipinski definition) is 1. The van der Waals surface area contributed by atoms with Gasteiger partial charge in [0.1, 0.15) is 0 Å². The van der Waals surface area contributed by atoms with Crippen molar-refractivity contribution in [2.45, 2.75) is 18.3 Å². The standard InChI is InChI=1S/C9H9NO2/c11-8(12)9(3-4-9)7-1-5-10-6-2-7/h1-2,5-6H,3-4H2,(H,11,12). The molecule has 62 valence electrons. The van der Waals surface area contributed by atoms with Crippen LogP contribution in [0.1, 0.15) is 18.4 Å². The van der Waals surface area contributed by atoms with Crippen molar-refractivity contribution in [3.63, 3.8) is 0 Å². The second-order valence-corrected chi connectivity index (χ2v) is 3.12. The number of rotatable bonds is 2. The van der Waals surface area contributed by atoms with E-state index in [-0.39, 0.29) is 0 Å². The van der Waals surface area contributed by atoms with Crippen LogP contribution in [-0.4, -0.2) is 16.1 Å². The molecule has 1 saturated carbocycles. The van der Waals surface area contributed by atoms with E-state index in [1.165, 1.54) is 0 Å². The molecule has 1 aromatic rings. The molecule has 3 nitrogen and oxygen atoms in total.